The summed E-state index contributed by atoms with van der Waals surface area (Å²) in [6, 6.07) is 179. The molecule has 6 aromatic heterocycles. The van der Waals surface area contributed by atoms with E-state index in [1.165, 1.54) is 285 Å². The monoisotopic (exact) mass is 1820 g/mol. The smallest absolute Gasteiger partial charge is 0.138 e. The minimum atomic E-state index is 0.935. The van der Waals surface area contributed by atoms with E-state index in [0.29, 0.717) is 0 Å². The first-order valence-electron chi connectivity index (χ1n) is 49.7. The molecule has 0 spiro atoms. The van der Waals surface area contributed by atoms with Gasteiger partial charge in [-0.1, -0.05) is 346 Å². The van der Waals surface area contributed by atoms with E-state index in [1.54, 1.807) is 0 Å². The Balaban J connectivity index is 0.0000000879. The third kappa shape index (κ3) is 11.8. The summed E-state index contributed by atoms with van der Waals surface area (Å²) in [5, 5.41) is 31.3. The number of rotatable bonds is 6. The van der Waals surface area contributed by atoms with Gasteiger partial charge in [0.2, 0.25) is 0 Å². The van der Waals surface area contributed by atoms with Crippen molar-refractivity contribution >= 4 is 173 Å². The molecule has 4 aliphatic carbocycles. The van der Waals surface area contributed by atoms with Crippen LogP contribution in [-0.4, -0.2) is 28.2 Å². The second kappa shape index (κ2) is 31.2. The predicted molar refractivity (Wildman–Crippen MR) is 607 cm³/mol. The molecule has 0 bridgehead atoms. The quantitative estimate of drug-likeness (QED) is 0.167. The molecule has 0 amide bonds. The maximum Gasteiger partial charge on any atom is 0.138 e. The van der Waals surface area contributed by atoms with Crippen molar-refractivity contribution in [1.82, 2.24) is 28.2 Å². The largest absolute Gasteiger partial charge is 0.309 e. The lowest BCUT2D eigenvalue weighted by molar-refractivity contribution is 1.08. The third-order valence-electron chi connectivity index (χ3n) is 31.2. The zero-order valence-electron chi connectivity index (χ0n) is 78.0. The van der Waals surface area contributed by atoms with E-state index in [4.69, 9.17) is 9.97 Å². The van der Waals surface area contributed by atoms with E-state index >= 15 is 0 Å². The highest BCUT2D eigenvalue weighted by Crippen LogP contribution is 2.57. The Kier molecular flexibility index (Phi) is 17.3. The van der Waals surface area contributed by atoms with Gasteiger partial charge in [-0.3, -0.25) is 9.13 Å². The normalized spacial score (nSPS) is 12.2. The van der Waals surface area contributed by atoms with Gasteiger partial charge >= 0.3 is 0 Å². The van der Waals surface area contributed by atoms with Gasteiger partial charge in [0.05, 0.1) is 49.8 Å². The number of hydrogen-bond acceptors (Lipinski definition) is 2. The Morgan fingerprint density at radius 3 is 0.736 bits per heavy atom. The molecule has 144 heavy (non-hydrogen) atoms. The van der Waals surface area contributed by atoms with Crippen molar-refractivity contribution in [2.24, 2.45) is 0 Å². The minimum absolute atomic E-state index is 0.935. The van der Waals surface area contributed by atoms with Crippen molar-refractivity contribution in [2.45, 2.75) is 0 Å². The van der Waals surface area contributed by atoms with Gasteiger partial charge in [-0.05, 0) is 332 Å². The van der Waals surface area contributed by atoms with Gasteiger partial charge in [0, 0.05) is 66.2 Å². The van der Waals surface area contributed by atoms with Crippen LogP contribution in [0, 0.1) is 0 Å². The molecule has 0 fully saturated rings. The first-order valence-corrected chi connectivity index (χ1v) is 49.7. The molecule has 6 nitrogen and oxygen atoms in total. The fourth-order valence-electron chi connectivity index (χ4n) is 25.1. The number of aromatic nitrogens is 6. The number of benzene rings is 24. The highest BCUT2D eigenvalue weighted by atomic mass is 15.1. The zero-order valence-corrected chi connectivity index (χ0v) is 78.0. The first-order chi connectivity index (χ1) is 71.5. The van der Waals surface area contributed by atoms with Crippen LogP contribution in [0.4, 0.5) is 0 Å². The summed E-state index contributed by atoms with van der Waals surface area (Å²) in [7, 11) is 0. The van der Waals surface area contributed by atoms with Gasteiger partial charge in [-0.15, -0.1) is 0 Å². The molecule has 0 aliphatic heterocycles. The first kappa shape index (κ1) is 79.9. The Morgan fingerprint density at radius 2 is 0.382 bits per heavy atom. The number of nitrogens with zero attached hydrogens (tertiary/aromatic N) is 6. The lowest BCUT2D eigenvalue weighted by atomic mass is 9.91. The molecule has 0 unspecified atom stereocenters. The topological polar surface area (TPSA) is 45.5 Å². The molecular weight excluding hydrogens is 1740 g/mol. The zero-order chi connectivity index (χ0) is 94.0. The van der Waals surface area contributed by atoms with E-state index in [1.807, 2.05) is 18.3 Å². The van der Waals surface area contributed by atoms with Crippen LogP contribution in [0.5, 0.6) is 0 Å². The molecule has 0 radical (unpaired) electrons. The van der Waals surface area contributed by atoms with Gasteiger partial charge in [0.15, 0.2) is 0 Å². The van der Waals surface area contributed by atoms with E-state index in [-0.39, 0.29) is 0 Å². The van der Waals surface area contributed by atoms with Crippen molar-refractivity contribution in [3.63, 3.8) is 0 Å². The number of pyridine rings is 2. The lowest BCUT2D eigenvalue weighted by Gasteiger charge is -2.15. The second-order valence-electron chi connectivity index (χ2n) is 38.8. The molecule has 4 aliphatic rings. The van der Waals surface area contributed by atoms with Gasteiger partial charge in [0.25, 0.3) is 0 Å². The van der Waals surface area contributed by atoms with Crippen molar-refractivity contribution < 1.29 is 0 Å². The molecule has 6 heteroatoms. The summed E-state index contributed by atoms with van der Waals surface area (Å²) in [6.07, 6.45) is 1.87. The Hall–Kier alpha value is -19.1. The second-order valence-corrected chi connectivity index (χ2v) is 38.8. The van der Waals surface area contributed by atoms with Crippen molar-refractivity contribution in [1.29, 1.82) is 0 Å². The highest BCUT2D eigenvalue weighted by Gasteiger charge is 2.32. The fraction of sp³-hybridized carbons (Fsp3) is 0. The highest BCUT2D eigenvalue weighted by molar-refractivity contribution is 6.36. The van der Waals surface area contributed by atoms with Gasteiger partial charge in [-0.25, -0.2) is 9.97 Å². The van der Waals surface area contributed by atoms with E-state index in [9.17, 15) is 0 Å². The van der Waals surface area contributed by atoms with Gasteiger partial charge < -0.3 is 9.13 Å². The van der Waals surface area contributed by atoms with Crippen LogP contribution >= 0.6 is 0 Å². The average molecular weight is 1820 g/mol. The molecule has 0 N–H and O–H groups in total. The van der Waals surface area contributed by atoms with E-state index in [2.05, 4.69) is 498 Å². The summed E-state index contributed by atoms with van der Waals surface area (Å²) in [4.78, 5) is 9.90. The van der Waals surface area contributed by atoms with Crippen LogP contribution in [0.3, 0.4) is 0 Å². The summed E-state index contributed by atoms with van der Waals surface area (Å²) >= 11 is 0. The van der Waals surface area contributed by atoms with Crippen molar-refractivity contribution in [3.8, 4) is 134 Å². The maximum absolute atomic E-state index is 5.18. The SMILES string of the molecule is c1ccc(-c2cccc(-n3c4cccc5c4c4c6c(cccc6ccc43)-c3cc4ccccc4cc3-5)c2)cc1.c1ccc(-c2cccc(-n3c4cccc5c4c4c6c(cccc6ccc43)-c3cc4ccccc4cc3-5)n2)cc1.c1ccc(-n2c3cccc4c3c3c5c(cccc5ccc32)-c2cc3ccccc3cc2-4)cc1.c1ccc(-n2c3cccc4c3c3c5c(cccc5ccc32)-c2cc3ccccc3cc2-4)nc1. The van der Waals surface area contributed by atoms with Crippen molar-refractivity contribution in [3.05, 3.63) is 498 Å². The molecule has 664 valence electrons. The molecule has 24 aromatic carbocycles. The van der Waals surface area contributed by atoms with Gasteiger partial charge in [0.1, 0.15) is 11.6 Å². The summed E-state index contributed by atoms with van der Waals surface area (Å²) < 4.78 is 9.55. The Labute approximate surface area is 827 Å². The summed E-state index contributed by atoms with van der Waals surface area (Å²) in [5.74, 6) is 1.88. The van der Waals surface area contributed by atoms with Gasteiger partial charge in [-0.2, -0.15) is 0 Å². The molecule has 0 saturated heterocycles. The molecule has 0 saturated carbocycles. The van der Waals surface area contributed by atoms with Crippen LogP contribution in [0.2, 0.25) is 0 Å². The number of fused-ring (bicyclic) bond motifs is 16. The van der Waals surface area contributed by atoms with Crippen molar-refractivity contribution in [2.75, 3.05) is 0 Å². The molecule has 30 aromatic rings. The number of hydrogen-bond donors (Lipinski definition) is 0. The summed E-state index contributed by atoms with van der Waals surface area (Å²) in [5.41, 5.74) is 37.6. The Bertz CT molecular complexity index is 10200. The Morgan fingerprint density at radius 1 is 0.132 bits per heavy atom. The van der Waals surface area contributed by atoms with E-state index in [0.717, 1.165) is 22.9 Å². The van der Waals surface area contributed by atoms with Crippen LogP contribution in [-0.2, 0) is 0 Å². The average Bonchev–Trinajstić information content (AvgIpc) is 1.55. The molecule has 0 atom stereocenters. The number of para-hydroxylation sites is 1. The van der Waals surface area contributed by atoms with Crippen LogP contribution < -0.4 is 0 Å². The fourth-order valence-corrected chi connectivity index (χ4v) is 25.1. The molecular formula is C138H82N6. The van der Waals surface area contributed by atoms with Crippen LogP contribution in [0.1, 0.15) is 0 Å². The van der Waals surface area contributed by atoms with Crippen LogP contribution in [0.25, 0.3) is 308 Å². The van der Waals surface area contributed by atoms with E-state index < -0.39 is 0 Å². The molecule has 6 heterocycles. The molecule has 34 rings (SSSR count). The standard InChI is InChI=1S/C38H23N.C37H22N2.C32H19N.C31H18N2/c1-2-9-24(10-3-1)26-14-6-15-29(21-26)39-34-18-8-17-31-33-23-28-12-5-4-11-27(28)22-32(33)30-16-7-13-25-19-20-35(39)38(36(25)30)37(31)34;1-2-9-23(10-3-1)31-16-8-18-34(38-31)39-32-17-7-15-28-30-22-26-12-5-4-11-25(26)21-29(30)27-14-6-13-24-19-20-33(39)37(35(24)27)36(28)32;1-2-11-23(12-3-1)33-28-15-7-14-25-27-19-22-9-5-4-8-21(22)18-26(27)24-13-6-10-20-16-17-29(33)32(30(20)24)31(25)28;1-2-8-21-18-25-23-11-6-12-26-30(23)31-27(33(26)28-13-3-4-16-32-28)15-14-19-9-5-10-22(29(19)31)24(25)17-20(21)7-1/h1-23H;1-22H;1-19H;1-18H. The minimum Gasteiger partial charge on any atom is -0.309 e. The lowest BCUT2D eigenvalue weighted by Crippen LogP contribution is -1.99. The van der Waals surface area contributed by atoms with Crippen LogP contribution in [0.15, 0.2) is 498 Å². The summed E-state index contributed by atoms with van der Waals surface area (Å²) in [6.45, 7) is 0. The maximum atomic E-state index is 5.18. The predicted octanol–water partition coefficient (Wildman–Crippen LogP) is 37.1. The third-order valence-corrected chi connectivity index (χ3v) is 31.2.